The summed E-state index contributed by atoms with van der Waals surface area (Å²) in [7, 11) is 0. The lowest BCUT2D eigenvalue weighted by molar-refractivity contribution is -0.142. The Bertz CT molecular complexity index is 778. The molecule has 0 aliphatic rings. The quantitative estimate of drug-likeness (QED) is 0.615. The molecule has 0 bridgehead atoms. The van der Waals surface area contributed by atoms with E-state index in [1.165, 1.54) is 0 Å². The van der Waals surface area contributed by atoms with E-state index in [1.807, 2.05) is 6.07 Å². The molecule has 2 rings (SSSR count). The molecule has 1 N–H and O–H groups in total. The number of benzene rings is 2. The average molecular weight is 347 g/mol. The Labute approximate surface area is 142 Å². The van der Waals surface area contributed by atoms with E-state index in [9.17, 15) is 23.2 Å². The Morgan fingerprint density at radius 3 is 2.36 bits per heavy atom. The van der Waals surface area contributed by atoms with Crippen LogP contribution in [0.3, 0.4) is 0 Å². The van der Waals surface area contributed by atoms with Gasteiger partial charge in [0.1, 0.15) is 6.54 Å². The van der Waals surface area contributed by atoms with Gasteiger partial charge in [-0.3, -0.25) is 14.4 Å². The van der Waals surface area contributed by atoms with Gasteiger partial charge in [0, 0.05) is 5.56 Å². The van der Waals surface area contributed by atoms with Crippen molar-refractivity contribution in [2.45, 2.75) is 6.42 Å². The highest BCUT2D eigenvalue weighted by molar-refractivity contribution is 5.98. The van der Waals surface area contributed by atoms with Crippen LogP contribution >= 0.6 is 0 Å². The van der Waals surface area contributed by atoms with Crippen molar-refractivity contribution >= 4 is 17.7 Å². The minimum absolute atomic E-state index is 0.111. The monoisotopic (exact) mass is 347 g/mol. The number of carbonyl (C=O) groups excluding carboxylic acids is 3. The summed E-state index contributed by atoms with van der Waals surface area (Å²) in [4.78, 5) is 35.0. The second kappa shape index (κ2) is 8.68. The first-order chi connectivity index (χ1) is 12.0. The summed E-state index contributed by atoms with van der Waals surface area (Å²) in [5, 5.41) is 2.38. The number of Topliss-reactive ketones (excluding diaryl/α,β-unsaturated/α-hetero) is 1. The Morgan fingerprint density at radius 1 is 0.960 bits per heavy atom. The number of halogens is 2. The second-order valence-electron chi connectivity index (χ2n) is 5.15. The molecule has 0 unspecified atom stereocenters. The molecule has 5 nitrogen and oxygen atoms in total. The summed E-state index contributed by atoms with van der Waals surface area (Å²) in [6, 6.07) is 11.6. The molecule has 0 heterocycles. The van der Waals surface area contributed by atoms with Crippen molar-refractivity contribution in [3.8, 4) is 0 Å². The van der Waals surface area contributed by atoms with Gasteiger partial charge in [0.15, 0.2) is 24.0 Å². The first-order valence-electron chi connectivity index (χ1n) is 7.40. The fraction of sp³-hybridized carbons (Fsp3) is 0.167. The first kappa shape index (κ1) is 18.3. The molecule has 2 aromatic carbocycles. The van der Waals surface area contributed by atoms with Crippen LogP contribution in [-0.4, -0.2) is 30.8 Å². The maximum atomic E-state index is 13.0. The van der Waals surface area contributed by atoms with Crippen LogP contribution in [-0.2, 0) is 20.7 Å². The van der Waals surface area contributed by atoms with E-state index in [-0.39, 0.29) is 17.9 Å². The number of ketones is 1. The second-order valence-corrected chi connectivity index (χ2v) is 5.15. The maximum Gasteiger partial charge on any atom is 0.325 e. The number of hydrogen-bond donors (Lipinski definition) is 1. The normalized spacial score (nSPS) is 10.2. The third kappa shape index (κ3) is 5.80. The van der Waals surface area contributed by atoms with Gasteiger partial charge in [0.25, 0.3) is 0 Å². The summed E-state index contributed by atoms with van der Waals surface area (Å²) in [5.41, 5.74) is 0.682. The Hall–Kier alpha value is -3.09. The molecule has 0 atom stereocenters. The lowest BCUT2D eigenvalue weighted by atomic mass is 10.1. The van der Waals surface area contributed by atoms with Crippen LogP contribution in [0.1, 0.15) is 15.9 Å². The Morgan fingerprint density at radius 2 is 1.68 bits per heavy atom. The predicted molar refractivity (Wildman–Crippen MR) is 84.8 cm³/mol. The zero-order valence-corrected chi connectivity index (χ0v) is 13.1. The standard InChI is InChI=1S/C18H15F2NO4/c19-14-7-6-13(9-15(14)20)16(22)11-25-18(24)10-21-17(23)8-12-4-2-1-3-5-12/h1-7,9H,8,10-11H2,(H,21,23). The SMILES string of the molecule is O=C(Cc1ccccc1)NCC(=O)OCC(=O)c1ccc(F)c(F)c1. The van der Waals surface area contributed by atoms with Gasteiger partial charge in [0.05, 0.1) is 6.42 Å². The fourth-order valence-electron chi connectivity index (χ4n) is 1.96. The van der Waals surface area contributed by atoms with E-state index in [2.05, 4.69) is 5.32 Å². The minimum Gasteiger partial charge on any atom is -0.456 e. The molecule has 0 aromatic heterocycles. The number of ether oxygens (including phenoxy) is 1. The summed E-state index contributed by atoms with van der Waals surface area (Å²) < 4.78 is 30.6. The number of hydrogen-bond acceptors (Lipinski definition) is 4. The lowest BCUT2D eigenvalue weighted by Crippen LogP contribution is -2.32. The van der Waals surface area contributed by atoms with Gasteiger partial charge in [-0.25, -0.2) is 8.78 Å². The molecule has 0 aliphatic carbocycles. The molecule has 0 radical (unpaired) electrons. The highest BCUT2D eigenvalue weighted by Gasteiger charge is 2.13. The zero-order chi connectivity index (χ0) is 18.2. The molecular formula is C18H15F2NO4. The van der Waals surface area contributed by atoms with Gasteiger partial charge < -0.3 is 10.1 Å². The number of carbonyl (C=O) groups is 3. The fourth-order valence-corrected chi connectivity index (χ4v) is 1.96. The van der Waals surface area contributed by atoms with Gasteiger partial charge >= 0.3 is 5.97 Å². The van der Waals surface area contributed by atoms with Crippen LogP contribution in [0, 0.1) is 11.6 Å². The van der Waals surface area contributed by atoms with E-state index in [0.717, 1.165) is 23.8 Å². The van der Waals surface area contributed by atoms with E-state index < -0.39 is 36.5 Å². The van der Waals surface area contributed by atoms with Gasteiger partial charge in [-0.15, -0.1) is 0 Å². The van der Waals surface area contributed by atoms with Crippen LogP contribution in [0.2, 0.25) is 0 Å². The maximum absolute atomic E-state index is 13.0. The van der Waals surface area contributed by atoms with Crippen molar-refractivity contribution in [2.75, 3.05) is 13.2 Å². The topological polar surface area (TPSA) is 72.5 Å². The number of rotatable bonds is 7. The molecule has 0 saturated carbocycles. The van der Waals surface area contributed by atoms with Crippen molar-refractivity contribution in [1.82, 2.24) is 5.32 Å². The minimum atomic E-state index is -1.16. The molecule has 0 spiro atoms. The molecule has 0 saturated heterocycles. The van der Waals surface area contributed by atoms with Gasteiger partial charge in [0.2, 0.25) is 5.91 Å². The predicted octanol–water partition coefficient (Wildman–Crippen LogP) is 2.05. The molecule has 2 aromatic rings. The molecule has 7 heteroatoms. The molecule has 25 heavy (non-hydrogen) atoms. The molecule has 1 amide bonds. The zero-order valence-electron chi connectivity index (χ0n) is 13.1. The largest absolute Gasteiger partial charge is 0.456 e. The van der Waals surface area contributed by atoms with Gasteiger partial charge in [-0.05, 0) is 23.8 Å². The van der Waals surface area contributed by atoms with Crippen molar-refractivity contribution in [1.29, 1.82) is 0 Å². The van der Waals surface area contributed by atoms with Crippen LogP contribution in [0.5, 0.6) is 0 Å². The first-order valence-corrected chi connectivity index (χ1v) is 7.40. The summed E-state index contributed by atoms with van der Waals surface area (Å²) in [6.45, 7) is -1.02. The number of nitrogens with one attached hydrogen (secondary N) is 1. The van der Waals surface area contributed by atoms with E-state index >= 15 is 0 Å². The Kier molecular flexibility index (Phi) is 6.33. The smallest absolute Gasteiger partial charge is 0.325 e. The third-order valence-corrected chi connectivity index (χ3v) is 3.24. The molecule has 0 aliphatic heterocycles. The number of amides is 1. The summed E-state index contributed by atoms with van der Waals surface area (Å²) in [5.74, 6) is -4.09. The molecule has 0 fully saturated rings. The van der Waals surface area contributed by atoms with E-state index in [0.29, 0.717) is 0 Å². The van der Waals surface area contributed by atoms with Crippen molar-refractivity contribution < 1.29 is 27.9 Å². The number of esters is 1. The van der Waals surface area contributed by atoms with Crippen LogP contribution in [0.4, 0.5) is 8.78 Å². The van der Waals surface area contributed by atoms with Crippen molar-refractivity contribution in [3.63, 3.8) is 0 Å². The van der Waals surface area contributed by atoms with E-state index in [1.54, 1.807) is 24.3 Å². The average Bonchev–Trinajstić information content (AvgIpc) is 2.61. The third-order valence-electron chi connectivity index (χ3n) is 3.24. The summed E-state index contributed by atoms with van der Waals surface area (Å²) >= 11 is 0. The van der Waals surface area contributed by atoms with Crippen molar-refractivity contribution in [2.24, 2.45) is 0 Å². The molecule has 130 valence electrons. The highest BCUT2D eigenvalue weighted by atomic mass is 19.2. The van der Waals surface area contributed by atoms with Gasteiger partial charge in [-0.1, -0.05) is 30.3 Å². The van der Waals surface area contributed by atoms with Crippen LogP contribution in [0.15, 0.2) is 48.5 Å². The lowest BCUT2D eigenvalue weighted by Gasteiger charge is -2.06. The summed E-state index contributed by atoms with van der Waals surface area (Å²) in [6.07, 6.45) is 0.113. The van der Waals surface area contributed by atoms with Gasteiger partial charge in [-0.2, -0.15) is 0 Å². The van der Waals surface area contributed by atoms with Crippen LogP contribution < -0.4 is 5.32 Å². The van der Waals surface area contributed by atoms with E-state index in [4.69, 9.17) is 4.74 Å². The van der Waals surface area contributed by atoms with Crippen LogP contribution in [0.25, 0.3) is 0 Å². The molecular weight excluding hydrogens is 332 g/mol. The Balaban J connectivity index is 1.74. The van der Waals surface area contributed by atoms with Crippen molar-refractivity contribution in [3.05, 3.63) is 71.3 Å². The highest BCUT2D eigenvalue weighted by Crippen LogP contribution is 2.09.